The molecule has 0 amide bonds. The molecule has 0 unspecified atom stereocenters. The summed E-state index contributed by atoms with van der Waals surface area (Å²) in [6, 6.07) is 3.24. The first-order chi connectivity index (χ1) is 6.59. The van der Waals surface area contributed by atoms with Crippen LogP contribution in [0.3, 0.4) is 0 Å². The van der Waals surface area contributed by atoms with E-state index in [0.29, 0.717) is 0 Å². The van der Waals surface area contributed by atoms with Crippen molar-refractivity contribution < 1.29 is 4.92 Å². The van der Waals surface area contributed by atoms with Crippen molar-refractivity contribution in [1.29, 1.82) is 0 Å². The molecule has 1 aromatic carbocycles. The van der Waals surface area contributed by atoms with E-state index < -0.39 is 0 Å². The highest BCUT2D eigenvalue weighted by Crippen LogP contribution is 2.34. The van der Waals surface area contributed by atoms with E-state index in [4.69, 9.17) is 0 Å². The molecule has 6 heteroatoms. The van der Waals surface area contributed by atoms with Crippen molar-refractivity contribution in [3.05, 3.63) is 34.8 Å². The summed E-state index contributed by atoms with van der Waals surface area (Å²) < 4.78 is 3.14. The van der Waals surface area contributed by atoms with Crippen molar-refractivity contribution >= 4 is 72.3 Å². The van der Waals surface area contributed by atoms with Gasteiger partial charge in [0, 0.05) is 34.7 Å². The first-order valence-electron chi connectivity index (χ1n) is 3.60. The van der Waals surface area contributed by atoms with Crippen LogP contribution < -0.4 is 0 Å². The maximum absolute atomic E-state index is 10.6. The monoisotopic (exact) mass is 431 g/mol. The highest BCUT2D eigenvalue weighted by Gasteiger charge is 2.12. The number of hydrogen-bond acceptors (Lipinski definition) is 3. The van der Waals surface area contributed by atoms with Gasteiger partial charge in [-0.05, 0) is 45.2 Å². The molecule has 0 fully saturated rings. The number of benzene rings is 1. The zero-order valence-electron chi connectivity index (χ0n) is 6.66. The molecule has 2 aromatic rings. The summed E-state index contributed by atoms with van der Waals surface area (Å²) >= 11 is 5.95. The highest BCUT2D eigenvalue weighted by molar-refractivity contribution is 14.1. The number of nitro benzene ring substituents is 1. The van der Waals surface area contributed by atoms with Crippen LogP contribution in [0.25, 0.3) is 10.1 Å². The van der Waals surface area contributed by atoms with Crippen molar-refractivity contribution in [2.45, 2.75) is 0 Å². The Hall–Kier alpha value is 0.0400. The van der Waals surface area contributed by atoms with E-state index >= 15 is 0 Å². The van der Waals surface area contributed by atoms with E-state index in [2.05, 4.69) is 45.2 Å². The number of nitrogens with zero attached hydrogens (tertiary/aromatic N) is 1. The Morgan fingerprint density at radius 3 is 2.64 bits per heavy atom. The lowest BCUT2D eigenvalue weighted by atomic mass is 10.2. The van der Waals surface area contributed by atoms with Crippen LogP contribution in [0, 0.1) is 17.3 Å². The predicted molar refractivity (Wildman–Crippen MR) is 73.9 cm³/mol. The fourth-order valence-corrected chi connectivity index (χ4v) is 3.95. The molecule has 2 rings (SSSR count). The Labute approximate surface area is 111 Å². The average Bonchev–Trinajstić information content (AvgIpc) is 2.48. The number of hydrogen-bond donors (Lipinski definition) is 0. The summed E-state index contributed by atoms with van der Waals surface area (Å²) in [5.74, 6) is 0. The van der Waals surface area contributed by atoms with Gasteiger partial charge in [-0.2, -0.15) is 0 Å². The summed E-state index contributed by atoms with van der Waals surface area (Å²) in [6.45, 7) is 0. The Morgan fingerprint density at radius 1 is 1.29 bits per heavy atom. The molecule has 1 heterocycles. The lowest BCUT2D eigenvalue weighted by Crippen LogP contribution is -1.88. The zero-order valence-corrected chi connectivity index (χ0v) is 11.8. The molecule has 14 heavy (non-hydrogen) atoms. The van der Waals surface area contributed by atoms with Gasteiger partial charge >= 0.3 is 0 Å². The molecule has 0 spiro atoms. The summed E-state index contributed by atoms with van der Waals surface area (Å²) in [6.07, 6.45) is 0. The predicted octanol–water partition coefficient (Wildman–Crippen LogP) is 4.02. The van der Waals surface area contributed by atoms with Crippen LogP contribution in [-0.2, 0) is 0 Å². The molecule has 0 aliphatic rings. The van der Waals surface area contributed by atoms with Gasteiger partial charge in [-0.1, -0.05) is 0 Å². The SMILES string of the molecule is O=[N+]([O-])c1cc(I)c2scc(I)c2c1. The molecule has 0 radical (unpaired) electrons. The molecule has 0 atom stereocenters. The maximum atomic E-state index is 10.6. The summed E-state index contributed by atoms with van der Waals surface area (Å²) in [5.41, 5.74) is 0.165. The van der Waals surface area contributed by atoms with Gasteiger partial charge in [0.1, 0.15) is 0 Å². The van der Waals surface area contributed by atoms with Crippen LogP contribution in [0.1, 0.15) is 0 Å². The second-order valence-corrected chi connectivity index (χ2v) is 5.85. The minimum absolute atomic E-state index is 0.165. The highest BCUT2D eigenvalue weighted by atomic mass is 127. The van der Waals surface area contributed by atoms with Crippen LogP contribution in [0.15, 0.2) is 17.5 Å². The second kappa shape index (κ2) is 3.89. The Kier molecular flexibility index (Phi) is 2.93. The van der Waals surface area contributed by atoms with Gasteiger partial charge in [0.25, 0.3) is 5.69 Å². The Morgan fingerprint density at radius 2 is 2.00 bits per heavy atom. The third kappa shape index (κ3) is 1.74. The zero-order chi connectivity index (χ0) is 10.3. The first kappa shape index (κ1) is 10.6. The van der Waals surface area contributed by atoms with Gasteiger partial charge in [0.2, 0.25) is 0 Å². The van der Waals surface area contributed by atoms with Gasteiger partial charge in [-0.25, -0.2) is 0 Å². The van der Waals surface area contributed by atoms with Crippen molar-refractivity contribution in [1.82, 2.24) is 0 Å². The molecular weight excluding hydrogens is 428 g/mol. The largest absolute Gasteiger partial charge is 0.271 e. The molecule has 0 aliphatic heterocycles. The van der Waals surface area contributed by atoms with Gasteiger partial charge in [-0.3, -0.25) is 10.1 Å². The Balaban J connectivity index is 2.82. The van der Waals surface area contributed by atoms with E-state index in [1.807, 2.05) is 5.38 Å². The number of thiophene rings is 1. The quantitative estimate of drug-likeness (QED) is 0.389. The van der Waals surface area contributed by atoms with E-state index in [1.54, 1.807) is 23.5 Å². The van der Waals surface area contributed by atoms with Crippen LogP contribution in [0.2, 0.25) is 0 Å². The Bertz CT molecular complexity index is 523. The van der Waals surface area contributed by atoms with Crippen LogP contribution >= 0.6 is 56.5 Å². The fourth-order valence-electron chi connectivity index (χ4n) is 1.16. The van der Waals surface area contributed by atoms with Crippen molar-refractivity contribution in [2.24, 2.45) is 0 Å². The summed E-state index contributed by atoms with van der Waals surface area (Å²) in [7, 11) is 0. The molecule has 0 aliphatic carbocycles. The van der Waals surface area contributed by atoms with Crippen molar-refractivity contribution in [2.75, 3.05) is 0 Å². The summed E-state index contributed by atoms with van der Waals surface area (Å²) in [4.78, 5) is 10.3. The lowest BCUT2D eigenvalue weighted by molar-refractivity contribution is -0.384. The standard InChI is InChI=1S/C8H3I2NO2S/c9-6-2-4(11(12)13)1-5-7(10)3-14-8(5)6/h1-3H. The third-order valence-electron chi connectivity index (χ3n) is 1.78. The number of rotatable bonds is 1. The van der Waals surface area contributed by atoms with E-state index in [9.17, 15) is 10.1 Å². The molecule has 0 N–H and O–H groups in total. The first-order valence-corrected chi connectivity index (χ1v) is 6.64. The molecule has 72 valence electrons. The number of fused-ring (bicyclic) bond motifs is 1. The minimum atomic E-state index is -0.352. The molecular formula is C8H3I2NO2S. The number of halogens is 2. The van der Waals surface area contributed by atoms with Crippen molar-refractivity contribution in [3.8, 4) is 0 Å². The van der Waals surface area contributed by atoms with Crippen LogP contribution in [-0.4, -0.2) is 4.92 Å². The fraction of sp³-hybridized carbons (Fsp3) is 0. The topological polar surface area (TPSA) is 43.1 Å². The van der Waals surface area contributed by atoms with Crippen LogP contribution in [0.5, 0.6) is 0 Å². The van der Waals surface area contributed by atoms with Gasteiger partial charge in [0.05, 0.1) is 4.92 Å². The molecule has 3 nitrogen and oxygen atoms in total. The van der Waals surface area contributed by atoms with E-state index in [1.165, 1.54) is 0 Å². The smallest absolute Gasteiger partial charge is 0.258 e. The average molecular weight is 431 g/mol. The van der Waals surface area contributed by atoms with E-state index in [-0.39, 0.29) is 10.6 Å². The second-order valence-electron chi connectivity index (χ2n) is 2.65. The van der Waals surface area contributed by atoms with Crippen molar-refractivity contribution in [3.63, 3.8) is 0 Å². The molecule has 0 bridgehead atoms. The number of non-ortho nitro benzene ring substituents is 1. The molecule has 0 saturated carbocycles. The normalized spacial score (nSPS) is 10.7. The summed E-state index contributed by atoms with van der Waals surface area (Å²) in [5, 5.41) is 13.6. The maximum Gasteiger partial charge on any atom is 0.271 e. The van der Waals surface area contributed by atoms with Gasteiger partial charge in [-0.15, -0.1) is 11.3 Å². The molecule has 0 saturated heterocycles. The van der Waals surface area contributed by atoms with Gasteiger partial charge in [0.15, 0.2) is 0 Å². The number of nitro groups is 1. The molecule has 1 aromatic heterocycles. The minimum Gasteiger partial charge on any atom is -0.258 e. The lowest BCUT2D eigenvalue weighted by Gasteiger charge is -1.95. The van der Waals surface area contributed by atoms with Crippen LogP contribution in [0.4, 0.5) is 5.69 Å². The van der Waals surface area contributed by atoms with E-state index in [0.717, 1.165) is 17.2 Å². The van der Waals surface area contributed by atoms with Gasteiger partial charge < -0.3 is 0 Å². The third-order valence-corrected chi connectivity index (χ3v) is 5.34.